The number of hydrogen-bond acceptors (Lipinski definition) is 3. The van der Waals surface area contributed by atoms with Crippen LogP contribution < -0.4 is 15.8 Å². The SMILES string of the molecule is CCC(C)NC(=O)C(C)Oc1cccc(N)c1. The highest BCUT2D eigenvalue weighted by molar-refractivity contribution is 5.81. The number of nitrogens with one attached hydrogen (secondary N) is 1. The summed E-state index contributed by atoms with van der Waals surface area (Å²) in [6, 6.07) is 7.21. The maximum atomic E-state index is 11.7. The first-order valence-electron chi connectivity index (χ1n) is 5.85. The van der Waals surface area contributed by atoms with E-state index < -0.39 is 6.10 Å². The lowest BCUT2D eigenvalue weighted by Gasteiger charge is -2.17. The molecule has 1 amide bonds. The Kier molecular flexibility index (Phi) is 4.82. The number of hydrogen-bond donors (Lipinski definition) is 2. The van der Waals surface area contributed by atoms with E-state index in [4.69, 9.17) is 10.5 Å². The zero-order valence-electron chi connectivity index (χ0n) is 10.6. The smallest absolute Gasteiger partial charge is 0.260 e. The van der Waals surface area contributed by atoms with Gasteiger partial charge in [-0.15, -0.1) is 0 Å². The number of nitrogen functional groups attached to an aromatic ring is 1. The zero-order valence-corrected chi connectivity index (χ0v) is 10.6. The van der Waals surface area contributed by atoms with Gasteiger partial charge in [0, 0.05) is 17.8 Å². The molecule has 0 saturated heterocycles. The zero-order chi connectivity index (χ0) is 12.8. The van der Waals surface area contributed by atoms with E-state index in [0.717, 1.165) is 6.42 Å². The second-order valence-electron chi connectivity index (χ2n) is 4.15. The molecule has 0 aliphatic heterocycles. The molecule has 3 N–H and O–H groups in total. The molecule has 94 valence electrons. The number of carbonyl (C=O) groups is 1. The fourth-order valence-electron chi connectivity index (χ4n) is 1.31. The van der Waals surface area contributed by atoms with Crippen LogP contribution in [0.4, 0.5) is 5.69 Å². The van der Waals surface area contributed by atoms with Crippen LogP contribution in [0.25, 0.3) is 0 Å². The summed E-state index contributed by atoms with van der Waals surface area (Å²) in [6.07, 6.45) is 0.377. The minimum atomic E-state index is -0.522. The summed E-state index contributed by atoms with van der Waals surface area (Å²) in [5.74, 6) is 0.499. The van der Waals surface area contributed by atoms with Crippen LogP contribution in [-0.4, -0.2) is 18.1 Å². The van der Waals surface area contributed by atoms with Gasteiger partial charge in [-0.25, -0.2) is 0 Å². The minimum Gasteiger partial charge on any atom is -0.481 e. The summed E-state index contributed by atoms with van der Waals surface area (Å²) in [4.78, 5) is 11.7. The molecule has 0 aliphatic rings. The van der Waals surface area contributed by atoms with Gasteiger partial charge in [0.15, 0.2) is 6.10 Å². The molecule has 4 heteroatoms. The second-order valence-corrected chi connectivity index (χ2v) is 4.15. The molecule has 0 fully saturated rings. The Morgan fingerprint density at radius 3 is 2.76 bits per heavy atom. The van der Waals surface area contributed by atoms with E-state index in [1.165, 1.54) is 0 Å². The Balaban J connectivity index is 2.54. The first-order valence-corrected chi connectivity index (χ1v) is 5.85. The summed E-state index contributed by atoms with van der Waals surface area (Å²) < 4.78 is 5.51. The van der Waals surface area contributed by atoms with Crippen LogP contribution in [0.3, 0.4) is 0 Å². The third-order valence-corrected chi connectivity index (χ3v) is 2.54. The van der Waals surface area contributed by atoms with Crippen LogP contribution in [0, 0.1) is 0 Å². The largest absolute Gasteiger partial charge is 0.481 e. The van der Waals surface area contributed by atoms with Crippen LogP contribution in [0.15, 0.2) is 24.3 Å². The van der Waals surface area contributed by atoms with Crippen molar-refractivity contribution in [2.45, 2.75) is 39.3 Å². The first kappa shape index (κ1) is 13.4. The van der Waals surface area contributed by atoms with Crippen molar-refractivity contribution in [1.29, 1.82) is 0 Å². The Morgan fingerprint density at radius 2 is 2.18 bits per heavy atom. The summed E-state index contributed by atoms with van der Waals surface area (Å²) in [5.41, 5.74) is 6.25. The van der Waals surface area contributed by atoms with Crippen LogP contribution in [0.1, 0.15) is 27.2 Å². The summed E-state index contributed by atoms with van der Waals surface area (Å²) in [6.45, 7) is 5.71. The van der Waals surface area contributed by atoms with E-state index in [1.807, 2.05) is 13.8 Å². The van der Waals surface area contributed by atoms with Crippen LogP contribution in [0.5, 0.6) is 5.75 Å². The fourth-order valence-corrected chi connectivity index (χ4v) is 1.31. The topological polar surface area (TPSA) is 64.3 Å². The van der Waals surface area contributed by atoms with Gasteiger partial charge in [-0.2, -0.15) is 0 Å². The minimum absolute atomic E-state index is 0.109. The highest BCUT2D eigenvalue weighted by Crippen LogP contribution is 2.16. The molecule has 2 unspecified atom stereocenters. The molecule has 0 spiro atoms. The van der Waals surface area contributed by atoms with Gasteiger partial charge in [0.1, 0.15) is 5.75 Å². The van der Waals surface area contributed by atoms with Crippen molar-refractivity contribution < 1.29 is 9.53 Å². The maximum Gasteiger partial charge on any atom is 0.260 e. The van der Waals surface area contributed by atoms with E-state index in [9.17, 15) is 4.79 Å². The van der Waals surface area contributed by atoms with Gasteiger partial charge in [0.25, 0.3) is 5.91 Å². The van der Waals surface area contributed by atoms with Gasteiger partial charge < -0.3 is 15.8 Å². The highest BCUT2D eigenvalue weighted by atomic mass is 16.5. The average molecular weight is 236 g/mol. The fraction of sp³-hybridized carbons (Fsp3) is 0.462. The lowest BCUT2D eigenvalue weighted by molar-refractivity contribution is -0.127. The third-order valence-electron chi connectivity index (χ3n) is 2.54. The van der Waals surface area contributed by atoms with E-state index in [2.05, 4.69) is 5.32 Å². The Labute approximate surface area is 102 Å². The van der Waals surface area contributed by atoms with E-state index in [-0.39, 0.29) is 11.9 Å². The predicted molar refractivity (Wildman–Crippen MR) is 68.8 cm³/mol. The average Bonchev–Trinajstić information content (AvgIpc) is 2.28. The Morgan fingerprint density at radius 1 is 1.47 bits per heavy atom. The second kappa shape index (κ2) is 6.13. The van der Waals surface area contributed by atoms with Crippen molar-refractivity contribution in [2.24, 2.45) is 0 Å². The number of anilines is 1. The van der Waals surface area contributed by atoms with Crippen LogP contribution in [-0.2, 0) is 4.79 Å². The van der Waals surface area contributed by atoms with Crippen molar-refractivity contribution in [3.8, 4) is 5.75 Å². The monoisotopic (exact) mass is 236 g/mol. The van der Waals surface area contributed by atoms with Gasteiger partial charge in [0.2, 0.25) is 0 Å². The van der Waals surface area contributed by atoms with Gasteiger partial charge in [-0.05, 0) is 32.4 Å². The van der Waals surface area contributed by atoms with E-state index in [0.29, 0.717) is 11.4 Å². The van der Waals surface area contributed by atoms with Crippen molar-refractivity contribution in [2.75, 3.05) is 5.73 Å². The van der Waals surface area contributed by atoms with Gasteiger partial charge in [-0.1, -0.05) is 13.0 Å². The number of amides is 1. The summed E-state index contributed by atoms with van der Waals surface area (Å²) in [5, 5.41) is 2.87. The lowest BCUT2D eigenvalue weighted by Crippen LogP contribution is -2.40. The maximum absolute atomic E-state index is 11.7. The van der Waals surface area contributed by atoms with Gasteiger partial charge in [-0.3, -0.25) is 4.79 Å². The van der Waals surface area contributed by atoms with Crippen molar-refractivity contribution in [3.63, 3.8) is 0 Å². The normalized spacial score (nSPS) is 13.8. The van der Waals surface area contributed by atoms with Gasteiger partial charge in [0.05, 0.1) is 0 Å². The number of rotatable bonds is 5. The standard InChI is InChI=1S/C13H20N2O2/c1-4-9(2)15-13(16)10(3)17-12-7-5-6-11(14)8-12/h5-10H,4,14H2,1-3H3,(H,15,16). The number of ether oxygens (including phenoxy) is 1. The molecule has 0 aromatic heterocycles. The van der Waals surface area contributed by atoms with E-state index >= 15 is 0 Å². The Hall–Kier alpha value is -1.71. The Bertz CT molecular complexity index is 379. The van der Waals surface area contributed by atoms with Crippen molar-refractivity contribution in [1.82, 2.24) is 5.32 Å². The molecular formula is C13H20N2O2. The quantitative estimate of drug-likeness (QED) is 0.768. The number of nitrogens with two attached hydrogens (primary N) is 1. The highest BCUT2D eigenvalue weighted by Gasteiger charge is 2.15. The lowest BCUT2D eigenvalue weighted by atomic mass is 10.2. The van der Waals surface area contributed by atoms with Crippen LogP contribution >= 0.6 is 0 Å². The molecule has 0 radical (unpaired) electrons. The molecule has 1 aromatic rings. The molecule has 1 rings (SSSR count). The molecular weight excluding hydrogens is 216 g/mol. The van der Waals surface area contributed by atoms with Gasteiger partial charge >= 0.3 is 0 Å². The molecule has 4 nitrogen and oxygen atoms in total. The third kappa shape index (κ3) is 4.34. The summed E-state index contributed by atoms with van der Waals surface area (Å²) >= 11 is 0. The van der Waals surface area contributed by atoms with Crippen LogP contribution in [0.2, 0.25) is 0 Å². The van der Waals surface area contributed by atoms with E-state index in [1.54, 1.807) is 31.2 Å². The van der Waals surface area contributed by atoms with Crippen molar-refractivity contribution in [3.05, 3.63) is 24.3 Å². The number of benzene rings is 1. The molecule has 0 bridgehead atoms. The summed E-state index contributed by atoms with van der Waals surface area (Å²) in [7, 11) is 0. The predicted octanol–water partition coefficient (Wildman–Crippen LogP) is 1.95. The number of carbonyl (C=O) groups excluding carboxylic acids is 1. The molecule has 0 heterocycles. The molecule has 1 aromatic carbocycles. The molecule has 17 heavy (non-hydrogen) atoms. The molecule has 0 saturated carbocycles. The first-order chi connectivity index (χ1) is 8.02. The van der Waals surface area contributed by atoms with Crippen molar-refractivity contribution >= 4 is 11.6 Å². The molecule has 2 atom stereocenters. The molecule has 0 aliphatic carbocycles.